The number of nitrogens with zero attached hydrogens (tertiary/aromatic N) is 2. The maximum atomic E-state index is 13.4. The molecule has 0 aliphatic carbocycles. The lowest BCUT2D eigenvalue weighted by Gasteiger charge is -2.30. The van der Waals surface area contributed by atoms with E-state index in [1.807, 2.05) is 0 Å². The summed E-state index contributed by atoms with van der Waals surface area (Å²) in [4.78, 5) is 4.18. The number of benzene rings is 1. The molecular formula is C15H18FN3O. The van der Waals surface area contributed by atoms with Crippen LogP contribution in [0.5, 0.6) is 5.75 Å². The fraction of sp³-hybridized carbons (Fsp3) is 0.400. The molecule has 20 heavy (non-hydrogen) atoms. The van der Waals surface area contributed by atoms with Gasteiger partial charge in [0.15, 0.2) is 0 Å². The Morgan fingerprint density at radius 1 is 1.50 bits per heavy atom. The number of fused-ring (bicyclic) bond motifs is 1. The second-order valence-corrected chi connectivity index (χ2v) is 5.14. The summed E-state index contributed by atoms with van der Waals surface area (Å²) >= 11 is 0. The predicted octanol–water partition coefficient (Wildman–Crippen LogP) is 2.96. The summed E-state index contributed by atoms with van der Waals surface area (Å²) in [6, 6.07) is 4.38. The molecule has 1 aromatic carbocycles. The van der Waals surface area contributed by atoms with Crippen LogP contribution in [-0.2, 0) is 6.54 Å². The summed E-state index contributed by atoms with van der Waals surface area (Å²) in [6.07, 6.45) is 5.13. The number of rotatable bonds is 3. The average molecular weight is 275 g/mol. The van der Waals surface area contributed by atoms with Gasteiger partial charge in [0.2, 0.25) is 0 Å². The lowest BCUT2D eigenvalue weighted by Crippen LogP contribution is -2.25. The van der Waals surface area contributed by atoms with Crippen molar-refractivity contribution in [2.75, 3.05) is 0 Å². The van der Waals surface area contributed by atoms with E-state index in [-0.39, 0.29) is 18.0 Å². The van der Waals surface area contributed by atoms with Crippen molar-refractivity contribution in [2.24, 2.45) is 5.73 Å². The number of aryl methyl sites for hydroxylation is 1. The molecule has 1 aromatic heterocycles. The van der Waals surface area contributed by atoms with Crippen LogP contribution >= 0.6 is 0 Å². The monoisotopic (exact) mass is 275 g/mol. The van der Waals surface area contributed by atoms with Gasteiger partial charge in [-0.15, -0.1) is 0 Å². The van der Waals surface area contributed by atoms with Crippen LogP contribution in [0.15, 0.2) is 30.7 Å². The highest BCUT2D eigenvalue weighted by molar-refractivity contribution is 5.39. The van der Waals surface area contributed by atoms with Crippen molar-refractivity contribution in [1.29, 1.82) is 0 Å². The van der Waals surface area contributed by atoms with Gasteiger partial charge in [-0.2, -0.15) is 0 Å². The molecule has 0 saturated carbocycles. The quantitative estimate of drug-likeness (QED) is 0.937. The summed E-state index contributed by atoms with van der Waals surface area (Å²) in [5.74, 6) is 0.233. The van der Waals surface area contributed by atoms with Gasteiger partial charge in [0.05, 0.1) is 18.2 Å². The second kappa shape index (κ2) is 5.25. The van der Waals surface area contributed by atoms with E-state index >= 15 is 0 Å². The highest BCUT2D eigenvalue weighted by Crippen LogP contribution is 2.39. The smallest absolute Gasteiger partial charge is 0.142 e. The Kier molecular flexibility index (Phi) is 3.44. The SMILES string of the molecule is CCCn1cncc1C1C[C@@H](N)c2ccc(F)cc2O1. The highest BCUT2D eigenvalue weighted by atomic mass is 19.1. The standard InChI is InChI=1S/C15H18FN3O/c1-2-5-19-9-18-8-13(19)15-7-12(17)11-4-3-10(16)6-14(11)20-15/h3-4,6,8-9,12,15H,2,5,7,17H2,1H3/t12-,15?/m1/s1. The normalized spacial score (nSPS) is 21.4. The Labute approximate surface area is 117 Å². The Hall–Kier alpha value is -1.88. The molecule has 0 amide bonds. The number of hydrogen-bond donors (Lipinski definition) is 1. The first-order valence-electron chi connectivity index (χ1n) is 6.90. The molecule has 0 radical (unpaired) electrons. The number of ether oxygens (including phenoxy) is 1. The van der Waals surface area contributed by atoms with Crippen molar-refractivity contribution < 1.29 is 9.13 Å². The third-order valence-electron chi connectivity index (χ3n) is 3.65. The molecule has 1 aliphatic rings. The van der Waals surface area contributed by atoms with E-state index < -0.39 is 0 Å². The third kappa shape index (κ3) is 2.29. The van der Waals surface area contributed by atoms with Gasteiger partial charge in [0.25, 0.3) is 0 Å². The fourth-order valence-electron chi connectivity index (χ4n) is 2.68. The Balaban J connectivity index is 1.92. The van der Waals surface area contributed by atoms with Crippen LogP contribution in [0.1, 0.15) is 43.2 Å². The van der Waals surface area contributed by atoms with Gasteiger partial charge in [-0.1, -0.05) is 13.0 Å². The number of hydrogen-bond acceptors (Lipinski definition) is 3. The Bertz CT molecular complexity index is 611. The molecule has 1 unspecified atom stereocenters. The molecule has 2 N–H and O–H groups in total. The van der Waals surface area contributed by atoms with Gasteiger partial charge >= 0.3 is 0 Å². The summed E-state index contributed by atoms with van der Waals surface area (Å²) < 4.78 is 21.4. The molecule has 2 atom stereocenters. The van der Waals surface area contributed by atoms with Crippen LogP contribution < -0.4 is 10.5 Å². The molecule has 1 aliphatic heterocycles. The third-order valence-corrected chi connectivity index (χ3v) is 3.65. The number of aromatic nitrogens is 2. The van der Waals surface area contributed by atoms with Gasteiger partial charge in [0.1, 0.15) is 17.7 Å². The molecule has 106 valence electrons. The Morgan fingerprint density at radius 3 is 3.15 bits per heavy atom. The number of halogens is 1. The largest absolute Gasteiger partial charge is 0.484 e. The van der Waals surface area contributed by atoms with E-state index in [0.717, 1.165) is 24.2 Å². The van der Waals surface area contributed by atoms with E-state index in [9.17, 15) is 4.39 Å². The first-order chi connectivity index (χ1) is 9.69. The van der Waals surface area contributed by atoms with Gasteiger partial charge in [-0.3, -0.25) is 0 Å². The molecule has 0 fully saturated rings. The predicted molar refractivity (Wildman–Crippen MR) is 73.8 cm³/mol. The van der Waals surface area contributed by atoms with Gasteiger partial charge < -0.3 is 15.0 Å². The molecule has 2 aromatic rings. The van der Waals surface area contributed by atoms with Gasteiger partial charge in [-0.05, 0) is 12.5 Å². The zero-order valence-corrected chi connectivity index (χ0v) is 11.4. The van der Waals surface area contributed by atoms with Crippen LogP contribution in [0.2, 0.25) is 0 Å². The van der Waals surface area contributed by atoms with Crippen LogP contribution in [0.25, 0.3) is 0 Å². The molecule has 3 rings (SSSR count). The minimum Gasteiger partial charge on any atom is -0.484 e. The molecule has 0 spiro atoms. The molecule has 5 heteroatoms. The Morgan fingerprint density at radius 2 is 2.35 bits per heavy atom. The van der Waals surface area contributed by atoms with Crippen molar-refractivity contribution >= 4 is 0 Å². The summed E-state index contributed by atoms with van der Waals surface area (Å²) in [5, 5.41) is 0. The van der Waals surface area contributed by atoms with Crippen molar-refractivity contribution in [2.45, 2.75) is 38.5 Å². The summed E-state index contributed by atoms with van der Waals surface area (Å²) in [7, 11) is 0. The molecule has 0 bridgehead atoms. The maximum absolute atomic E-state index is 13.4. The lowest BCUT2D eigenvalue weighted by atomic mass is 9.96. The molecule has 2 heterocycles. The number of imidazole rings is 1. The van der Waals surface area contributed by atoms with Gasteiger partial charge in [-0.25, -0.2) is 9.37 Å². The van der Waals surface area contributed by atoms with Crippen molar-refractivity contribution in [3.63, 3.8) is 0 Å². The topological polar surface area (TPSA) is 53.1 Å². The summed E-state index contributed by atoms with van der Waals surface area (Å²) in [5.41, 5.74) is 8.05. The van der Waals surface area contributed by atoms with E-state index in [1.54, 1.807) is 18.6 Å². The first-order valence-corrected chi connectivity index (χ1v) is 6.90. The van der Waals surface area contributed by atoms with Crippen molar-refractivity contribution in [3.05, 3.63) is 47.8 Å². The van der Waals surface area contributed by atoms with E-state index in [2.05, 4.69) is 16.5 Å². The van der Waals surface area contributed by atoms with Gasteiger partial charge in [0, 0.05) is 30.6 Å². The van der Waals surface area contributed by atoms with Crippen LogP contribution in [-0.4, -0.2) is 9.55 Å². The van der Waals surface area contributed by atoms with E-state index in [1.165, 1.54) is 12.1 Å². The van der Waals surface area contributed by atoms with Crippen LogP contribution in [0.4, 0.5) is 4.39 Å². The maximum Gasteiger partial charge on any atom is 0.142 e. The minimum atomic E-state index is -0.307. The van der Waals surface area contributed by atoms with Crippen molar-refractivity contribution in [1.82, 2.24) is 9.55 Å². The number of nitrogens with two attached hydrogens (primary N) is 1. The molecule has 0 saturated heterocycles. The zero-order valence-electron chi connectivity index (χ0n) is 11.4. The fourth-order valence-corrected chi connectivity index (χ4v) is 2.68. The molecular weight excluding hydrogens is 257 g/mol. The molecule has 4 nitrogen and oxygen atoms in total. The van der Waals surface area contributed by atoms with E-state index in [4.69, 9.17) is 10.5 Å². The second-order valence-electron chi connectivity index (χ2n) is 5.14. The highest BCUT2D eigenvalue weighted by Gasteiger charge is 2.29. The minimum absolute atomic E-state index is 0.144. The zero-order chi connectivity index (χ0) is 14.1. The van der Waals surface area contributed by atoms with Crippen LogP contribution in [0.3, 0.4) is 0 Å². The average Bonchev–Trinajstić information content (AvgIpc) is 2.86. The first kappa shape index (κ1) is 13.1. The van der Waals surface area contributed by atoms with E-state index in [0.29, 0.717) is 12.2 Å². The summed E-state index contributed by atoms with van der Waals surface area (Å²) in [6.45, 7) is 3.00. The lowest BCUT2D eigenvalue weighted by molar-refractivity contribution is 0.152. The van der Waals surface area contributed by atoms with Crippen LogP contribution in [0, 0.1) is 5.82 Å². The van der Waals surface area contributed by atoms with Crippen molar-refractivity contribution in [3.8, 4) is 5.75 Å².